The predicted molar refractivity (Wildman–Crippen MR) is 92.7 cm³/mol. The molecule has 0 heterocycles. The van der Waals surface area contributed by atoms with Crippen LogP contribution in [0.5, 0.6) is 11.5 Å². The zero-order chi connectivity index (χ0) is 18.1. The highest BCUT2D eigenvalue weighted by atomic mass is 35.5. The quantitative estimate of drug-likeness (QED) is 0.316. The molecular weight excluding hydrogens is 336 g/mol. The Labute approximate surface area is 145 Å². The molecule has 1 unspecified atom stereocenters. The van der Waals surface area contributed by atoms with Gasteiger partial charge >= 0.3 is 5.97 Å². The first-order chi connectivity index (χ1) is 11.4. The summed E-state index contributed by atoms with van der Waals surface area (Å²) in [6.07, 6.45) is 0.579. The van der Waals surface area contributed by atoms with Crippen molar-refractivity contribution in [3.05, 3.63) is 22.7 Å². The van der Waals surface area contributed by atoms with Crippen LogP contribution < -0.4 is 20.9 Å². The van der Waals surface area contributed by atoms with E-state index in [0.29, 0.717) is 17.9 Å². The van der Waals surface area contributed by atoms with Crippen LogP contribution in [0.4, 0.5) is 0 Å². The number of guanidine groups is 1. The van der Waals surface area contributed by atoms with Crippen LogP contribution in [0.3, 0.4) is 0 Å². The van der Waals surface area contributed by atoms with Crippen LogP contribution >= 0.6 is 11.6 Å². The Kier molecular flexibility index (Phi) is 7.84. The summed E-state index contributed by atoms with van der Waals surface area (Å²) in [5.41, 5.74) is 11.0. The summed E-state index contributed by atoms with van der Waals surface area (Å²) in [6.45, 7) is 5.74. The molecule has 0 spiro atoms. The molecular formula is C15H21ClN4O4. The molecule has 1 aromatic rings. The highest BCUT2D eigenvalue weighted by molar-refractivity contribution is 6.32. The lowest BCUT2D eigenvalue weighted by atomic mass is 10.2. The molecule has 0 amide bonds. The van der Waals surface area contributed by atoms with E-state index in [0.717, 1.165) is 0 Å². The molecule has 1 atom stereocenters. The van der Waals surface area contributed by atoms with Crippen molar-refractivity contribution in [3.8, 4) is 11.5 Å². The summed E-state index contributed by atoms with van der Waals surface area (Å²) in [6, 6.07) is 3.23. The number of hydrogen-bond acceptors (Lipinski definition) is 6. The van der Waals surface area contributed by atoms with Gasteiger partial charge in [-0.25, -0.2) is 4.79 Å². The summed E-state index contributed by atoms with van der Waals surface area (Å²) in [7, 11) is 0. The number of rotatable bonds is 8. The standard InChI is InChI=1S/C15H21ClN4O4/c1-4-22-12-7-10(8-19-20-15(17)18)6-11(16)13(12)24-9(3)14(21)23-5-2/h6-9H,4-5H2,1-3H3,(H4,17,18,20). The third-order valence-corrected chi connectivity index (χ3v) is 2.91. The number of nitrogens with zero attached hydrogens (tertiary/aromatic N) is 2. The van der Waals surface area contributed by atoms with Crippen LogP contribution in [0.2, 0.25) is 5.02 Å². The van der Waals surface area contributed by atoms with Crippen molar-refractivity contribution in [2.75, 3.05) is 13.2 Å². The van der Waals surface area contributed by atoms with Gasteiger partial charge in [0, 0.05) is 5.56 Å². The third-order valence-electron chi connectivity index (χ3n) is 2.62. The normalized spacial score (nSPS) is 11.8. The van der Waals surface area contributed by atoms with Gasteiger partial charge < -0.3 is 25.7 Å². The monoisotopic (exact) mass is 356 g/mol. The lowest BCUT2D eigenvalue weighted by Gasteiger charge is -2.18. The third kappa shape index (κ3) is 5.96. The topological polar surface area (TPSA) is 122 Å². The van der Waals surface area contributed by atoms with Gasteiger partial charge in [-0.2, -0.15) is 5.10 Å². The van der Waals surface area contributed by atoms with Crippen molar-refractivity contribution >= 4 is 29.7 Å². The first-order valence-electron chi connectivity index (χ1n) is 7.30. The molecule has 9 heteroatoms. The molecule has 0 saturated carbocycles. The van der Waals surface area contributed by atoms with Crippen molar-refractivity contribution in [2.45, 2.75) is 26.9 Å². The van der Waals surface area contributed by atoms with Crippen LogP contribution in [0, 0.1) is 0 Å². The Balaban J connectivity index is 3.09. The molecule has 0 radical (unpaired) electrons. The zero-order valence-corrected chi connectivity index (χ0v) is 14.5. The Morgan fingerprint density at radius 3 is 2.62 bits per heavy atom. The van der Waals surface area contributed by atoms with Crippen LogP contribution in [0.15, 0.2) is 22.3 Å². The average molecular weight is 357 g/mol. The fourth-order valence-corrected chi connectivity index (χ4v) is 1.95. The molecule has 1 aromatic carbocycles. The summed E-state index contributed by atoms with van der Waals surface area (Å²) in [5, 5.41) is 7.47. The van der Waals surface area contributed by atoms with Gasteiger partial charge in [-0.05, 0) is 32.9 Å². The maximum Gasteiger partial charge on any atom is 0.347 e. The van der Waals surface area contributed by atoms with E-state index in [1.165, 1.54) is 6.21 Å². The highest BCUT2D eigenvalue weighted by Crippen LogP contribution is 2.37. The summed E-state index contributed by atoms with van der Waals surface area (Å²) < 4.78 is 16.0. The summed E-state index contributed by atoms with van der Waals surface area (Å²) in [4.78, 5) is 11.7. The lowest BCUT2D eigenvalue weighted by molar-refractivity contribution is -0.150. The second kappa shape index (κ2) is 9.61. The number of hydrogen-bond donors (Lipinski definition) is 2. The highest BCUT2D eigenvalue weighted by Gasteiger charge is 2.20. The minimum Gasteiger partial charge on any atom is -0.490 e. The predicted octanol–water partition coefficient (Wildman–Crippen LogP) is 1.68. The minimum absolute atomic E-state index is 0.161. The fourth-order valence-electron chi connectivity index (χ4n) is 1.69. The number of esters is 1. The van der Waals surface area contributed by atoms with Crippen molar-refractivity contribution in [1.82, 2.24) is 0 Å². The summed E-state index contributed by atoms with van der Waals surface area (Å²) >= 11 is 6.23. The number of carbonyl (C=O) groups excluding carboxylic acids is 1. The first kappa shape index (κ1) is 19.6. The Bertz CT molecular complexity index is 630. The van der Waals surface area contributed by atoms with E-state index in [9.17, 15) is 4.79 Å². The molecule has 0 aliphatic rings. The van der Waals surface area contributed by atoms with Gasteiger partial charge in [-0.1, -0.05) is 11.6 Å². The van der Waals surface area contributed by atoms with E-state index >= 15 is 0 Å². The minimum atomic E-state index is -0.831. The number of halogens is 1. The molecule has 132 valence electrons. The maximum atomic E-state index is 11.7. The Hall–Kier alpha value is -2.48. The van der Waals surface area contributed by atoms with Gasteiger partial charge in [0.1, 0.15) is 0 Å². The SMILES string of the molecule is CCOC(=O)C(C)Oc1c(Cl)cc(C=NN=C(N)N)cc1OCC. The lowest BCUT2D eigenvalue weighted by Crippen LogP contribution is -2.26. The number of ether oxygens (including phenoxy) is 3. The largest absolute Gasteiger partial charge is 0.490 e. The van der Waals surface area contributed by atoms with Crippen molar-refractivity contribution in [3.63, 3.8) is 0 Å². The smallest absolute Gasteiger partial charge is 0.347 e. The van der Waals surface area contributed by atoms with E-state index in [-0.39, 0.29) is 23.3 Å². The first-order valence-corrected chi connectivity index (χ1v) is 7.68. The second-order valence-corrected chi connectivity index (χ2v) is 4.95. The van der Waals surface area contributed by atoms with E-state index in [2.05, 4.69) is 10.2 Å². The van der Waals surface area contributed by atoms with E-state index < -0.39 is 12.1 Å². The number of carbonyl (C=O) groups is 1. The van der Waals surface area contributed by atoms with E-state index in [1.54, 1.807) is 26.0 Å². The van der Waals surface area contributed by atoms with Gasteiger partial charge in [-0.15, -0.1) is 5.10 Å². The van der Waals surface area contributed by atoms with Crippen LogP contribution in [-0.2, 0) is 9.53 Å². The van der Waals surface area contributed by atoms with Crippen molar-refractivity contribution in [2.24, 2.45) is 21.7 Å². The van der Waals surface area contributed by atoms with Gasteiger partial charge in [-0.3, -0.25) is 0 Å². The molecule has 8 nitrogen and oxygen atoms in total. The van der Waals surface area contributed by atoms with Crippen LogP contribution in [0.25, 0.3) is 0 Å². The van der Waals surface area contributed by atoms with Crippen LogP contribution in [-0.4, -0.2) is 37.5 Å². The molecule has 0 aliphatic carbocycles. The molecule has 4 N–H and O–H groups in total. The number of nitrogens with two attached hydrogens (primary N) is 2. The fraction of sp³-hybridized carbons (Fsp3) is 0.400. The van der Waals surface area contributed by atoms with Crippen molar-refractivity contribution < 1.29 is 19.0 Å². The Morgan fingerprint density at radius 2 is 2.04 bits per heavy atom. The summed E-state index contributed by atoms with van der Waals surface area (Å²) in [5.74, 6) is -0.0367. The molecule has 1 rings (SSSR count). The molecule has 0 bridgehead atoms. The van der Waals surface area contributed by atoms with Gasteiger partial charge in [0.05, 0.1) is 24.5 Å². The van der Waals surface area contributed by atoms with E-state index in [1.807, 2.05) is 6.92 Å². The second-order valence-electron chi connectivity index (χ2n) is 4.54. The molecule has 0 aliphatic heterocycles. The molecule has 0 fully saturated rings. The molecule has 0 saturated heterocycles. The zero-order valence-electron chi connectivity index (χ0n) is 13.8. The molecule has 24 heavy (non-hydrogen) atoms. The maximum absolute atomic E-state index is 11.7. The average Bonchev–Trinajstić information content (AvgIpc) is 2.50. The van der Waals surface area contributed by atoms with Gasteiger partial charge in [0.2, 0.25) is 5.96 Å². The van der Waals surface area contributed by atoms with Gasteiger partial charge in [0.25, 0.3) is 0 Å². The van der Waals surface area contributed by atoms with Gasteiger partial charge in [0.15, 0.2) is 17.6 Å². The van der Waals surface area contributed by atoms with E-state index in [4.69, 9.17) is 37.3 Å². The van der Waals surface area contributed by atoms with Crippen molar-refractivity contribution in [1.29, 1.82) is 0 Å². The Morgan fingerprint density at radius 1 is 1.33 bits per heavy atom. The molecule has 0 aromatic heterocycles. The number of benzene rings is 1. The van der Waals surface area contributed by atoms with Crippen LogP contribution in [0.1, 0.15) is 26.3 Å².